The molecular weight excluding hydrogens is 262 g/mol. The molecule has 0 amide bonds. The van der Waals surface area contributed by atoms with Gasteiger partial charge in [0.15, 0.2) is 0 Å². The Labute approximate surface area is 125 Å². The fourth-order valence-electron chi connectivity index (χ4n) is 2.68. The van der Waals surface area contributed by atoms with Crippen molar-refractivity contribution < 1.29 is 0 Å². The van der Waals surface area contributed by atoms with Crippen molar-refractivity contribution in [1.82, 2.24) is 4.98 Å². The van der Waals surface area contributed by atoms with Gasteiger partial charge >= 0.3 is 0 Å². The highest BCUT2D eigenvalue weighted by molar-refractivity contribution is 7.80. The number of H-pyrrole nitrogens is 1. The van der Waals surface area contributed by atoms with Crippen LogP contribution < -0.4 is 0 Å². The minimum Gasteiger partial charge on any atom is -0.361 e. The van der Waals surface area contributed by atoms with Gasteiger partial charge in [-0.15, -0.1) is 0 Å². The van der Waals surface area contributed by atoms with Crippen molar-refractivity contribution >= 4 is 23.5 Å². The van der Waals surface area contributed by atoms with Crippen molar-refractivity contribution in [3.63, 3.8) is 0 Å². The van der Waals surface area contributed by atoms with Crippen LogP contribution in [0.5, 0.6) is 0 Å². The SMILES string of the molecule is CC(CCS)c1cccc(-c2c[nH]c3ccccc23)c1. The predicted molar refractivity (Wildman–Crippen MR) is 90.6 cm³/mol. The van der Waals surface area contributed by atoms with E-state index in [4.69, 9.17) is 0 Å². The molecule has 2 aromatic carbocycles. The summed E-state index contributed by atoms with van der Waals surface area (Å²) in [6, 6.07) is 17.3. The first-order valence-corrected chi connectivity index (χ1v) is 7.70. The average molecular weight is 281 g/mol. The minimum absolute atomic E-state index is 0.553. The van der Waals surface area contributed by atoms with Gasteiger partial charge in [-0.05, 0) is 35.3 Å². The van der Waals surface area contributed by atoms with Crippen molar-refractivity contribution in [2.75, 3.05) is 5.75 Å². The molecule has 20 heavy (non-hydrogen) atoms. The number of nitrogens with one attached hydrogen (secondary N) is 1. The first-order valence-electron chi connectivity index (χ1n) is 7.07. The molecule has 3 aromatic rings. The molecule has 0 saturated heterocycles. The number of para-hydroxylation sites is 1. The number of hydrogen-bond donors (Lipinski definition) is 2. The van der Waals surface area contributed by atoms with Crippen molar-refractivity contribution in [3.05, 3.63) is 60.3 Å². The second-order valence-corrected chi connectivity index (χ2v) is 5.73. The van der Waals surface area contributed by atoms with Crippen LogP contribution in [0.3, 0.4) is 0 Å². The van der Waals surface area contributed by atoms with Gasteiger partial charge in [0.1, 0.15) is 0 Å². The monoisotopic (exact) mass is 281 g/mol. The fraction of sp³-hybridized carbons (Fsp3) is 0.222. The smallest absolute Gasteiger partial charge is 0.0460 e. The van der Waals surface area contributed by atoms with Gasteiger partial charge in [-0.2, -0.15) is 12.6 Å². The Morgan fingerprint density at radius 3 is 2.80 bits per heavy atom. The summed E-state index contributed by atoms with van der Waals surface area (Å²) in [5.41, 5.74) is 5.14. The summed E-state index contributed by atoms with van der Waals surface area (Å²) in [7, 11) is 0. The van der Waals surface area contributed by atoms with E-state index >= 15 is 0 Å². The molecule has 0 spiro atoms. The number of aromatic amines is 1. The van der Waals surface area contributed by atoms with Gasteiger partial charge in [0.05, 0.1) is 0 Å². The molecule has 0 fully saturated rings. The maximum absolute atomic E-state index is 4.34. The van der Waals surface area contributed by atoms with E-state index in [1.807, 2.05) is 0 Å². The first kappa shape index (κ1) is 13.3. The summed E-state index contributed by atoms with van der Waals surface area (Å²) in [5.74, 6) is 1.48. The molecule has 3 rings (SSSR count). The van der Waals surface area contributed by atoms with E-state index in [2.05, 4.69) is 79.3 Å². The molecule has 1 aromatic heterocycles. The van der Waals surface area contributed by atoms with Crippen molar-refractivity contribution in [1.29, 1.82) is 0 Å². The van der Waals surface area contributed by atoms with Crippen molar-refractivity contribution in [3.8, 4) is 11.1 Å². The lowest BCUT2D eigenvalue weighted by Crippen LogP contribution is -1.94. The van der Waals surface area contributed by atoms with E-state index < -0.39 is 0 Å². The maximum atomic E-state index is 4.34. The van der Waals surface area contributed by atoms with E-state index in [0.29, 0.717) is 5.92 Å². The van der Waals surface area contributed by atoms with Gasteiger partial charge in [-0.3, -0.25) is 0 Å². The van der Waals surface area contributed by atoms with E-state index in [-0.39, 0.29) is 0 Å². The number of benzene rings is 2. The number of rotatable bonds is 4. The van der Waals surface area contributed by atoms with Gasteiger partial charge in [-0.25, -0.2) is 0 Å². The van der Waals surface area contributed by atoms with E-state index in [1.165, 1.54) is 27.6 Å². The Balaban J connectivity index is 2.04. The first-order chi connectivity index (χ1) is 9.79. The summed E-state index contributed by atoms with van der Waals surface area (Å²) in [6.45, 7) is 2.27. The Kier molecular flexibility index (Phi) is 3.83. The van der Waals surface area contributed by atoms with Gasteiger partial charge in [0, 0.05) is 22.7 Å². The Bertz CT molecular complexity index is 714. The molecule has 0 bridgehead atoms. The van der Waals surface area contributed by atoms with Crippen LogP contribution in [0.2, 0.25) is 0 Å². The summed E-state index contributed by atoms with van der Waals surface area (Å²) >= 11 is 4.34. The van der Waals surface area contributed by atoms with Crippen LogP contribution >= 0.6 is 12.6 Å². The molecule has 2 heteroatoms. The van der Waals surface area contributed by atoms with Crippen molar-refractivity contribution in [2.45, 2.75) is 19.3 Å². The van der Waals surface area contributed by atoms with Crippen LogP contribution in [0.25, 0.3) is 22.0 Å². The third-order valence-corrected chi connectivity index (χ3v) is 4.18. The molecule has 1 unspecified atom stereocenters. The zero-order chi connectivity index (χ0) is 13.9. The molecule has 1 heterocycles. The second kappa shape index (κ2) is 5.76. The van der Waals surface area contributed by atoms with E-state index in [0.717, 1.165) is 12.2 Å². The Morgan fingerprint density at radius 2 is 1.95 bits per heavy atom. The Morgan fingerprint density at radius 1 is 1.10 bits per heavy atom. The quantitative estimate of drug-likeness (QED) is 0.607. The van der Waals surface area contributed by atoms with E-state index in [1.54, 1.807) is 0 Å². The van der Waals surface area contributed by atoms with E-state index in [9.17, 15) is 0 Å². The second-order valence-electron chi connectivity index (χ2n) is 5.29. The highest BCUT2D eigenvalue weighted by atomic mass is 32.1. The van der Waals surface area contributed by atoms with Crippen LogP contribution in [0, 0.1) is 0 Å². The molecule has 0 aliphatic heterocycles. The molecule has 0 aliphatic carbocycles. The lowest BCUT2D eigenvalue weighted by Gasteiger charge is -2.11. The van der Waals surface area contributed by atoms with Crippen LogP contribution in [0.15, 0.2) is 54.7 Å². The molecule has 102 valence electrons. The number of hydrogen-bond acceptors (Lipinski definition) is 1. The number of fused-ring (bicyclic) bond motifs is 1. The van der Waals surface area contributed by atoms with Crippen molar-refractivity contribution in [2.24, 2.45) is 0 Å². The van der Waals surface area contributed by atoms with Crippen LogP contribution in [-0.2, 0) is 0 Å². The number of aromatic nitrogens is 1. The molecule has 0 saturated carbocycles. The van der Waals surface area contributed by atoms with Crippen LogP contribution in [0.1, 0.15) is 24.8 Å². The third-order valence-electron chi connectivity index (χ3n) is 3.92. The molecule has 1 N–H and O–H groups in total. The zero-order valence-electron chi connectivity index (χ0n) is 11.6. The van der Waals surface area contributed by atoms with Gasteiger partial charge in [0.25, 0.3) is 0 Å². The fourth-order valence-corrected chi connectivity index (χ4v) is 3.07. The normalized spacial score (nSPS) is 12.7. The Hall–Kier alpha value is -1.67. The number of thiol groups is 1. The summed E-state index contributed by atoms with van der Waals surface area (Å²) in [5, 5.41) is 1.28. The van der Waals surface area contributed by atoms with Gasteiger partial charge in [0.2, 0.25) is 0 Å². The largest absolute Gasteiger partial charge is 0.361 e. The highest BCUT2D eigenvalue weighted by Gasteiger charge is 2.09. The average Bonchev–Trinajstić information content (AvgIpc) is 2.91. The lowest BCUT2D eigenvalue weighted by atomic mass is 9.94. The lowest BCUT2D eigenvalue weighted by molar-refractivity contribution is 0.742. The molecule has 0 radical (unpaired) electrons. The summed E-state index contributed by atoms with van der Waals surface area (Å²) < 4.78 is 0. The van der Waals surface area contributed by atoms with Crippen LogP contribution in [-0.4, -0.2) is 10.7 Å². The topological polar surface area (TPSA) is 15.8 Å². The summed E-state index contributed by atoms with van der Waals surface area (Å²) in [6.07, 6.45) is 3.22. The van der Waals surface area contributed by atoms with Gasteiger partial charge < -0.3 is 4.98 Å². The molecule has 1 nitrogen and oxygen atoms in total. The third kappa shape index (κ3) is 2.48. The predicted octanol–water partition coefficient (Wildman–Crippen LogP) is 5.26. The molecule has 0 aliphatic rings. The minimum atomic E-state index is 0.553. The molecule has 1 atom stereocenters. The molecular formula is C18H19NS. The van der Waals surface area contributed by atoms with Gasteiger partial charge in [-0.1, -0.05) is 49.4 Å². The highest BCUT2D eigenvalue weighted by Crippen LogP contribution is 2.31. The summed E-state index contributed by atoms with van der Waals surface area (Å²) in [4.78, 5) is 3.35. The maximum Gasteiger partial charge on any atom is 0.0460 e. The zero-order valence-corrected chi connectivity index (χ0v) is 12.5. The standard InChI is InChI=1S/C18H19NS/c1-13(9-10-20)14-5-4-6-15(11-14)17-12-19-18-8-3-2-7-16(17)18/h2-8,11-13,19-20H,9-10H2,1H3. The van der Waals surface area contributed by atoms with Crippen LogP contribution in [0.4, 0.5) is 0 Å².